The Kier molecular flexibility index (Phi) is 8.84. The summed E-state index contributed by atoms with van der Waals surface area (Å²) < 4.78 is 32.8. The third-order valence-corrected chi connectivity index (χ3v) is 7.24. The van der Waals surface area contributed by atoms with Gasteiger partial charge < -0.3 is 15.0 Å². The van der Waals surface area contributed by atoms with Crippen molar-refractivity contribution in [2.45, 2.75) is 25.3 Å². The van der Waals surface area contributed by atoms with E-state index in [9.17, 15) is 13.2 Å². The van der Waals surface area contributed by atoms with Crippen LogP contribution in [-0.2, 0) is 21.4 Å². The number of methoxy groups -OCH3 is 1. The molecule has 9 heteroatoms. The Morgan fingerprint density at radius 1 is 1.13 bits per heavy atom. The van der Waals surface area contributed by atoms with Gasteiger partial charge in [-0.1, -0.05) is 29.8 Å². The lowest BCUT2D eigenvalue weighted by Gasteiger charge is -2.18. The summed E-state index contributed by atoms with van der Waals surface area (Å²) in [7, 11) is 0.0447. The van der Waals surface area contributed by atoms with Crippen molar-refractivity contribution in [3.63, 3.8) is 0 Å². The van der Waals surface area contributed by atoms with Gasteiger partial charge in [0.1, 0.15) is 12.3 Å². The monoisotopic (exact) mass is 498 g/mol. The van der Waals surface area contributed by atoms with E-state index < -0.39 is 10.0 Å². The van der Waals surface area contributed by atoms with Gasteiger partial charge in [-0.3, -0.25) is 4.79 Å². The van der Waals surface area contributed by atoms with Crippen LogP contribution in [-0.4, -0.2) is 52.4 Å². The minimum atomic E-state index is -3.51. The minimum Gasteiger partial charge on any atom is -0.496 e. The van der Waals surface area contributed by atoms with E-state index in [-0.39, 0.29) is 17.3 Å². The lowest BCUT2D eigenvalue weighted by molar-refractivity contribution is -0.885. The van der Waals surface area contributed by atoms with E-state index in [0.717, 1.165) is 20.7 Å². The lowest BCUT2D eigenvalue weighted by atomic mass is 10.2. The van der Waals surface area contributed by atoms with Gasteiger partial charge in [0.2, 0.25) is 10.0 Å². The molecule has 2 rings (SSSR count). The number of nitrogens with zero attached hydrogens (tertiary/aromatic N) is 1. The first-order valence-electron chi connectivity index (χ1n) is 9.75. The highest BCUT2D eigenvalue weighted by atomic mass is 79.9. The summed E-state index contributed by atoms with van der Waals surface area (Å²) in [5.74, 6) is 0.628. The van der Waals surface area contributed by atoms with E-state index in [0.29, 0.717) is 25.3 Å². The number of ether oxygens (including phenoxy) is 1. The molecular formula is C21H29BrN3O4S+. The summed E-state index contributed by atoms with van der Waals surface area (Å²) in [6.07, 6.45) is 0. The average molecular weight is 499 g/mol. The molecule has 2 aromatic rings. The molecule has 0 radical (unpaired) electrons. The third kappa shape index (κ3) is 6.28. The number of sulfonamides is 1. The van der Waals surface area contributed by atoms with E-state index >= 15 is 0 Å². The molecule has 0 aromatic heterocycles. The van der Waals surface area contributed by atoms with Gasteiger partial charge in [-0.2, -0.15) is 4.31 Å². The number of nitrogens with one attached hydrogen (secondary N) is 2. The van der Waals surface area contributed by atoms with Crippen molar-refractivity contribution in [1.82, 2.24) is 4.31 Å². The van der Waals surface area contributed by atoms with Crippen molar-refractivity contribution in [3.8, 4) is 5.75 Å². The first-order valence-corrected chi connectivity index (χ1v) is 12.0. The molecule has 30 heavy (non-hydrogen) atoms. The number of amides is 1. The molecule has 1 atom stereocenters. The molecule has 2 aromatic carbocycles. The number of rotatable bonds is 10. The van der Waals surface area contributed by atoms with Crippen LogP contribution < -0.4 is 15.0 Å². The smallest absolute Gasteiger partial charge is 0.279 e. The van der Waals surface area contributed by atoms with Crippen LogP contribution in [0.5, 0.6) is 5.75 Å². The normalized spacial score (nSPS) is 12.6. The summed E-state index contributed by atoms with van der Waals surface area (Å²) >= 11 is 3.46. The van der Waals surface area contributed by atoms with Gasteiger partial charge in [-0.25, -0.2) is 8.42 Å². The molecule has 164 valence electrons. The van der Waals surface area contributed by atoms with Crippen LogP contribution in [0.15, 0.2) is 51.8 Å². The second-order valence-corrected chi connectivity index (χ2v) is 9.78. The van der Waals surface area contributed by atoms with E-state index in [2.05, 4.69) is 21.2 Å². The highest BCUT2D eigenvalue weighted by Gasteiger charge is 2.21. The van der Waals surface area contributed by atoms with Gasteiger partial charge >= 0.3 is 0 Å². The Morgan fingerprint density at radius 3 is 2.33 bits per heavy atom. The predicted octanol–water partition coefficient (Wildman–Crippen LogP) is 2.14. The van der Waals surface area contributed by atoms with Gasteiger partial charge in [-0.15, -0.1) is 0 Å². The maximum Gasteiger partial charge on any atom is 0.279 e. The highest BCUT2D eigenvalue weighted by Crippen LogP contribution is 2.22. The summed E-state index contributed by atoms with van der Waals surface area (Å²) in [4.78, 5) is 13.6. The van der Waals surface area contributed by atoms with Gasteiger partial charge in [0.15, 0.2) is 6.54 Å². The number of quaternary nitrogens is 1. The Balaban J connectivity index is 1.99. The van der Waals surface area contributed by atoms with Crippen molar-refractivity contribution in [1.29, 1.82) is 0 Å². The Hall–Kier alpha value is -1.94. The summed E-state index contributed by atoms with van der Waals surface area (Å²) in [6, 6.07) is 12.0. The molecule has 0 bridgehead atoms. The molecule has 0 aliphatic carbocycles. The molecule has 1 unspecified atom stereocenters. The molecule has 1 amide bonds. The lowest BCUT2D eigenvalue weighted by Crippen LogP contribution is -3.08. The third-order valence-electron chi connectivity index (χ3n) is 4.68. The van der Waals surface area contributed by atoms with Crippen LogP contribution in [0, 0.1) is 0 Å². The second-order valence-electron chi connectivity index (χ2n) is 6.93. The summed E-state index contributed by atoms with van der Waals surface area (Å²) in [5, 5.41) is 2.83. The van der Waals surface area contributed by atoms with Gasteiger partial charge in [0.25, 0.3) is 5.91 Å². The van der Waals surface area contributed by atoms with Crippen molar-refractivity contribution in [2.75, 3.05) is 39.1 Å². The SMILES string of the molecule is CCN(CC)S(=O)(=O)c1ccc(NC(=O)C[NH+](C)Cc2cc(Br)ccc2OC)cc1. The topological polar surface area (TPSA) is 80.2 Å². The van der Waals surface area contributed by atoms with Crippen molar-refractivity contribution in [3.05, 3.63) is 52.5 Å². The Morgan fingerprint density at radius 2 is 1.77 bits per heavy atom. The zero-order valence-electron chi connectivity index (χ0n) is 17.7. The highest BCUT2D eigenvalue weighted by molar-refractivity contribution is 9.10. The number of hydrogen-bond donors (Lipinski definition) is 2. The second kappa shape index (κ2) is 10.9. The molecule has 0 fully saturated rings. The number of benzene rings is 2. The molecule has 0 spiro atoms. The van der Waals surface area contributed by atoms with E-state index in [1.54, 1.807) is 33.1 Å². The first-order chi connectivity index (χ1) is 14.2. The van der Waals surface area contributed by atoms with Crippen molar-refractivity contribution in [2.24, 2.45) is 0 Å². The van der Waals surface area contributed by atoms with Gasteiger partial charge in [0.05, 0.1) is 19.1 Å². The fourth-order valence-electron chi connectivity index (χ4n) is 3.18. The van der Waals surface area contributed by atoms with Gasteiger partial charge in [-0.05, 0) is 42.5 Å². The molecule has 0 aliphatic heterocycles. The van der Waals surface area contributed by atoms with Gasteiger partial charge in [0, 0.05) is 28.8 Å². The van der Waals surface area contributed by atoms with Crippen LogP contribution in [0.25, 0.3) is 0 Å². The van der Waals surface area contributed by atoms with Crippen molar-refractivity contribution < 1.29 is 22.8 Å². The summed E-state index contributed by atoms with van der Waals surface area (Å²) in [5.41, 5.74) is 1.56. The van der Waals surface area contributed by atoms with Crippen LogP contribution in [0.4, 0.5) is 5.69 Å². The average Bonchev–Trinajstić information content (AvgIpc) is 2.69. The van der Waals surface area contributed by atoms with E-state index in [1.807, 2.05) is 25.2 Å². The number of carbonyl (C=O) groups is 1. The van der Waals surface area contributed by atoms with E-state index in [1.165, 1.54) is 16.4 Å². The fraction of sp³-hybridized carbons (Fsp3) is 0.381. The number of carbonyl (C=O) groups excluding carboxylic acids is 1. The minimum absolute atomic E-state index is 0.152. The van der Waals surface area contributed by atoms with E-state index in [4.69, 9.17) is 4.74 Å². The quantitative estimate of drug-likeness (QED) is 0.525. The molecule has 7 nitrogen and oxygen atoms in total. The zero-order valence-corrected chi connectivity index (χ0v) is 20.1. The maximum atomic E-state index is 12.5. The largest absolute Gasteiger partial charge is 0.496 e. The number of halogens is 1. The predicted molar refractivity (Wildman–Crippen MR) is 121 cm³/mol. The molecule has 0 heterocycles. The standard InChI is InChI=1S/C21H28BrN3O4S/c1-5-25(6-2)30(27,28)19-10-8-18(9-11-19)23-21(26)15-24(3)14-16-13-17(22)7-12-20(16)29-4/h7-13H,5-6,14-15H2,1-4H3,(H,23,26)/p+1. The molecule has 0 saturated heterocycles. The molecule has 0 saturated carbocycles. The van der Waals surface area contributed by atoms with Crippen LogP contribution >= 0.6 is 15.9 Å². The Bertz CT molecular complexity index is 961. The number of likely N-dealkylation sites (N-methyl/N-ethyl adjacent to an activating group) is 1. The molecule has 0 aliphatic rings. The molecular weight excluding hydrogens is 470 g/mol. The molecule has 2 N–H and O–H groups in total. The Labute approximate surface area is 187 Å². The van der Waals surface area contributed by atoms with Crippen molar-refractivity contribution >= 4 is 37.5 Å². The maximum absolute atomic E-state index is 12.5. The van der Waals surface area contributed by atoms with Crippen LogP contribution in [0.2, 0.25) is 0 Å². The number of hydrogen-bond acceptors (Lipinski definition) is 4. The summed E-state index contributed by atoms with van der Waals surface area (Å²) in [6.45, 7) is 5.31. The fourth-order valence-corrected chi connectivity index (χ4v) is 5.04. The zero-order chi connectivity index (χ0) is 22.3. The van der Waals surface area contributed by atoms with Crippen LogP contribution in [0.3, 0.4) is 0 Å². The first kappa shape index (κ1) is 24.3. The van der Waals surface area contributed by atoms with Crippen LogP contribution in [0.1, 0.15) is 19.4 Å². The number of anilines is 1.